The Morgan fingerprint density at radius 1 is 1.16 bits per heavy atom. The van der Waals surface area contributed by atoms with Gasteiger partial charge >= 0.3 is 0 Å². The lowest BCUT2D eigenvalue weighted by molar-refractivity contribution is -0.385. The van der Waals surface area contributed by atoms with Gasteiger partial charge in [-0.1, -0.05) is 17.7 Å². The Kier molecular flexibility index (Phi) is 5.38. The molecule has 0 bridgehead atoms. The van der Waals surface area contributed by atoms with Crippen molar-refractivity contribution in [3.63, 3.8) is 0 Å². The highest BCUT2D eigenvalue weighted by Crippen LogP contribution is 2.25. The monoisotopic (exact) mass is 361 g/mol. The average Bonchev–Trinajstić information content (AvgIpc) is 2.54. The van der Waals surface area contributed by atoms with Crippen molar-refractivity contribution in [3.05, 3.63) is 68.2 Å². The Hall–Kier alpha value is -2.93. The van der Waals surface area contributed by atoms with Gasteiger partial charge in [-0.05, 0) is 31.2 Å². The molecular weight excluding hydrogens is 346 g/mol. The summed E-state index contributed by atoms with van der Waals surface area (Å²) in [5.74, 6) is -0.749. The van der Waals surface area contributed by atoms with Crippen molar-refractivity contribution in [2.24, 2.45) is 0 Å². The Labute approximate surface area is 149 Å². The molecule has 0 atom stereocenters. The van der Waals surface area contributed by atoms with Gasteiger partial charge in [-0.3, -0.25) is 19.7 Å². The fraction of sp³-hybridized carbons (Fsp3) is 0.176. The molecule has 2 aromatic carbocycles. The number of nitrogens with one attached hydrogen (secondary N) is 1. The lowest BCUT2D eigenvalue weighted by atomic mass is 10.1. The summed E-state index contributed by atoms with van der Waals surface area (Å²) in [6.07, 6.45) is 0. The predicted octanol–water partition coefficient (Wildman–Crippen LogP) is 3.51. The largest absolute Gasteiger partial charge is 0.345 e. The van der Waals surface area contributed by atoms with E-state index < -0.39 is 10.8 Å². The highest BCUT2D eigenvalue weighted by molar-refractivity contribution is 6.34. The molecule has 2 rings (SSSR count). The first kappa shape index (κ1) is 18.4. The third-order valence-electron chi connectivity index (χ3n) is 3.61. The molecule has 0 aromatic heterocycles. The molecule has 0 aliphatic carbocycles. The van der Waals surface area contributed by atoms with Crippen LogP contribution in [0.25, 0.3) is 0 Å². The van der Waals surface area contributed by atoms with Crippen LogP contribution in [0.2, 0.25) is 5.02 Å². The zero-order valence-corrected chi connectivity index (χ0v) is 14.6. The van der Waals surface area contributed by atoms with E-state index in [1.165, 1.54) is 42.2 Å². The van der Waals surface area contributed by atoms with E-state index >= 15 is 0 Å². The second kappa shape index (κ2) is 7.31. The maximum absolute atomic E-state index is 12.4. The molecule has 0 saturated carbocycles. The molecule has 0 fully saturated rings. The minimum atomic E-state index is -0.537. The second-order valence-corrected chi connectivity index (χ2v) is 5.96. The van der Waals surface area contributed by atoms with E-state index in [4.69, 9.17) is 11.6 Å². The van der Waals surface area contributed by atoms with Crippen molar-refractivity contribution in [3.8, 4) is 0 Å². The van der Waals surface area contributed by atoms with Crippen molar-refractivity contribution in [1.82, 2.24) is 4.90 Å². The van der Waals surface area contributed by atoms with Crippen molar-refractivity contribution in [2.45, 2.75) is 6.92 Å². The second-order valence-electron chi connectivity index (χ2n) is 5.56. The van der Waals surface area contributed by atoms with Gasteiger partial charge in [0.05, 0.1) is 15.5 Å². The SMILES string of the molecule is Cc1c(C(=O)Nc2ccc(C(=O)N(C)C)c(Cl)c2)cccc1[N+](=O)[O-]. The third-order valence-corrected chi connectivity index (χ3v) is 3.92. The Balaban J connectivity index is 2.27. The third kappa shape index (κ3) is 3.95. The number of halogens is 1. The summed E-state index contributed by atoms with van der Waals surface area (Å²) < 4.78 is 0. The Morgan fingerprint density at radius 3 is 2.40 bits per heavy atom. The highest BCUT2D eigenvalue weighted by atomic mass is 35.5. The van der Waals surface area contributed by atoms with Crippen LogP contribution >= 0.6 is 11.6 Å². The van der Waals surface area contributed by atoms with Gasteiger partial charge in [-0.25, -0.2) is 0 Å². The number of nitro groups is 1. The maximum Gasteiger partial charge on any atom is 0.273 e. The van der Waals surface area contributed by atoms with E-state index in [1.54, 1.807) is 20.2 Å². The molecule has 2 aromatic rings. The zero-order chi connectivity index (χ0) is 18.7. The van der Waals surface area contributed by atoms with Crippen LogP contribution in [0.4, 0.5) is 11.4 Å². The van der Waals surface area contributed by atoms with Crippen LogP contribution in [0, 0.1) is 17.0 Å². The molecule has 0 saturated heterocycles. The number of nitrogens with zero attached hydrogens (tertiary/aromatic N) is 2. The summed E-state index contributed by atoms with van der Waals surface area (Å²) >= 11 is 6.11. The minimum absolute atomic E-state index is 0.127. The first-order valence-corrected chi connectivity index (χ1v) is 7.66. The van der Waals surface area contributed by atoms with Gasteiger partial charge in [0.15, 0.2) is 0 Å². The summed E-state index contributed by atoms with van der Waals surface area (Å²) in [4.78, 5) is 36.2. The lowest BCUT2D eigenvalue weighted by Gasteiger charge is -2.13. The number of carbonyl (C=O) groups excluding carboxylic acids is 2. The van der Waals surface area contributed by atoms with Crippen LogP contribution in [-0.4, -0.2) is 35.7 Å². The van der Waals surface area contributed by atoms with E-state index in [1.807, 2.05) is 0 Å². The molecular formula is C17H16ClN3O4. The average molecular weight is 362 g/mol. The molecule has 0 aliphatic rings. The molecule has 7 nitrogen and oxygen atoms in total. The summed E-state index contributed by atoms with van der Waals surface area (Å²) in [6.45, 7) is 1.51. The number of anilines is 1. The normalized spacial score (nSPS) is 10.2. The fourth-order valence-corrected chi connectivity index (χ4v) is 2.53. The number of hydrogen-bond acceptors (Lipinski definition) is 4. The van der Waals surface area contributed by atoms with Gasteiger partial charge in [0.2, 0.25) is 0 Å². The maximum atomic E-state index is 12.4. The van der Waals surface area contributed by atoms with Crippen LogP contribution in [0.5, 0.6) is 0 Å². The quantitative estimate of drug-likeness (QED) is 0.666. The van der Waals surface area contributed by atoms with E-state index in [0.29, 0.717) is 11.3 Å². The Morgan fingerprint density at radius 2 is 1.84 bits per heavy atom. The predicted molar refractivity (Wildman–Crippen MR) is 95.3 cm³/mol. The van der Waals surface area contributed by atoms with Crippen LogP contribution < -0.4 is 5.32 Å². The van der Waals surface area contributed by atoms with Crippen molar-refractivity contribution in [2.75, 3.05) is 19.4 Å². The van der Waals surface area contributed by atoms with Crippen LogP contribution in [-0.2, 0) is 0 Å². The molecule has 0 unspecified atom stereocenters. The van der Waals surface area contributed by atoms with Crippen LogP contribution in [0.3, 0.4) is 0 Å². The van der Waals surface area contributed by atoms with Crippen molar-refractivity contribution < 1.29 is 14.5 Å². The first-order valence-electron chi connectivity index (χ1n) is 7.29. The van der Waals surface area contributed by atoms with E-state index in [2.05, 4.69) is 5.32 Å². The zero-order valence-electron chi connectivity index (χ0n) is 13.9. The van der Waals surface area contributed by atoms with Gasteiger partial charge < -0.3 is 10.2 Å². The molecule has 0 radical (unpaired) electrons. The summed E-state index contributed by atoms with van der Waals surface area (Å²) in [7, 11) is 3.22. The fourth-order valence-electron chi connectivity index (χ4n) is 2.27. The van der Waals surface area contributed by atoms with Crippen molar-refractivity contribution >= 4 is 34.8 Å². The number of nitro benzene ring substituents is 1. The summed E-state index contributed by atoms with van der Waals surface area (Å²) in [6, 6.07) is 8.82. The topological polar surface area (TPSA) is 92.6 Å². The van der Waals surface area contributed by atoms with Crippen LogP contribution in [0.1, 0.15) is 26.3 Å². The number of rotatable bonds is 4. The molecule has 1 N–H and O–H groups in total. The lowest BCUT2D eigenvalue weighted by Crippen LogP contribution is -2.22. The van der Waals surface area contributed by atoms with Crippen molar-refractivity contribution in [1.29, 1.82) is 0 Å². The molecule has 2 amide bonds. The van der Waals surface area contributed by atoms with Gasteiger partial charge in [0.25, 0.3) is 17.5 Å². The standard InChI is InChI=1S/C17H16ClN3O4/c1-10-12(5-4-6-15(10)21(24)25)16(22)19-11-7-8-13(14(18)9-11)17(23)20(2)3/h4-9H,1-3H3,(H,19,22). The molecule has 25 heavy (non-hydrogen) atoms. The molecule has 8 heteroatoms. The van der Waals surface area contributed by atoms with Gasteiger partial charge in [-0.2, -0.15) is 0 Å². The highest BCUT2D eigenvalue weighted by Gasteiger charge is 2.19. The van der Waals surface area contributed by atoms with Gasteiger partial charge in [0, 0.05) is 37.0 Å². The van der Waals surface area contributed by atoms with E-state index in [-0.39, 0.29) is 27.7 Å². The number of amides is 2. The summed E-state index contributed by atoms with van der Waals surface area (Å²) in [5, 5.41) is 13.8. The molecule has 0 spiro atoms. The molecule has 0 heterocycles. The number of benzene rings is 2. The smallest absolute Gasteiger partial charge is 0.273 e. The first-order chi connectivity index (χ1) is 11.7. The number of hydrogen-bond donors (Lipinski definition) is 1. The number of carbonyl (C=O) groups is 2. The van der Waals surface area contributed by atoms with E-state index in [0.717, 1.165) is 0 Å². The summed E-state index contributed by atoms with van der Waals surface area (Å²) in [5.41, 5.74) is 1.04. The molecule has 130 valence electrons. The molecule has 0 aliphatic heterocycles. The van der Waals surface area contributed by atoms with Gasteiger partial charge in [0.1, 0.15) is 0 Å². The Bertz CT molecular complexity index is 865. The van der Waals surface area contributed by atoms with E-state index in [9.17, 15) is 19.7 Å². The van der Waals surface area contributed by atoms with Crippen LogP contribution in [0.15, 0.2) is 36.4 Å². The van der Waals surface area contributed by atoms with Gasteiger partial charge in [-0.15, -0.1) is 0 Å². The minimum Gasteiger partial charge on any atom is -0.345 e.